The Morgan fingerprint density at radius 1 is 1.33 bits per heavy atom. The van der Waals surface area contributed by atoms with Gasteiger partial charge >= 0.3 is 15.6 Å². The molecule has 2 aliphatic rings. The molecule has 132 valence electrons. The second-order valence-electron chi connectivity index (χ2n) is 6.09. The van der Waals surface area contributed by atoms with Crippen molar-refractivity contribution in [3.63, 3.8) is 0 Å². The summed E-state index contributed by atoms with van der Waals surface area (Å²) in [5.41, 5.74) is -3.96. The number of hydrogen-bond donors (Lipinski definition) is 0. The molecule has 0 unspecified atom stereocenters. The van der Waals surface area contributed by atoms with Crippen LogP contribution in [0.4, 0.5) is 13.2 Å². The van der Waals surface area contributed by atoms with Gasteiger partial charge in [0, 0.05) is 18.5 Å². The van der Waals surface area contributed by atoms with E-state index in [1.54, 1.807) is 6.07 Å². The maximum absolute atomic E-state index is 12.6. The largest absolute Gasteiger partial charge is 0.534 e. The van der Waals surface area contributed by atoms with Gasteiger partial charge in [-0.05, 0) is 43.0 Å². The summed E-state index contributed by atoms with van der Waals surface area (Å²) < 4.78 is 64.7. The number of hydrogen-bond acceptors (Lipinski definition) is 4. The van der Waals surface area contributed by atoms with Crippen LogP contribution in [0.3, 0.4) is 0 Å². The molecule has 1 aliphatic carbocycles. The molecule has 1 aromatic rings. The third-order valence-electron chi connectivity index (χ3n) is 4.77. The lowest BCUT2D eigenvalue weighted by molar-refractivity contribution is -0.0500. The monoisotopic (exact) mass is 361 g/mol. The third kappa shape index (κ3) is 2.93. The Morgan fingerprint density at radius 3 is 2.75 bits per heavy atom. The highest BCUT2D eigenvalue weighted by atomic mass is 32.2. The molecule has 0 amide bonds. The summed E-state index contributed by atoms with van der Waals surface area (Å²) in [5, 5.41) is 0. The minimum atomic E-state index is -5.65. The predicted molar refractivity (Wildman–Crippen MR) is 83.3 cm³/mol. The molecular weight excluding hydrogens is 343 g/mol. The van der Waals surface area contributed by atoms with Gasteiger partial charge in [0.05, 0.1) is 0 Å². The Hall–Kier alpha value is -1.54. The van der Waals surface area contributed by atoms with Gasteiger partial charge in [-0.25, -0.2) is 0 Å². The lowest BCUT2D eigenvalue weighted by atomic mass is 9.79. The van der Waals surface area contributed by atoms with E-state index in [-0.39, 0.29) is 11.7 Å². The molecule has 1 fully saturated rings. The average Bonchev–Trinajstić information content (AvgIpc) is 2.90. The van der Waals surface area contributed by atoms with Crippen LogP contribution >= 0.6 is 0 Å². The summed E-state index contributed by atoms with van der Waals surface area (Å²) in [6.45, 7) is 5.42. The SMILES string of the molecule is C=CCN1CC[C@H]2c3cccc(OS(=O)(=O)C(F)(F)F)c3CC[C@H]21. The van der Waals surface area contributed by atoms with Gasteiger partial charge in [0.2, 0.25) is 0 Å². The molecule has 4 nitrogen and oxygen atoms in total. The fraction of sp³-hybridized carbons (Fsp3) is 0.500. The number of nitrogens with zero attached hydrogens (tertiary/aromatic N) is 1. The minimum absolute atomic E-state index is 0.186. The number of rotatable bonds is 4. The Balaban J connectivity index is 1.92. The Labute approximate surface area is 139 Å². The molecule has 1 aliphatic heterocycles. The van der Waals surface area contributed by atoms with Crippen LogP contribution in [-0.2, 0) is 16.5 Å². The molecule has 2 atom stereocenters. The Bertz CT molecular complexity index is 745. The Morgan fingerprint density at radius 2 is 2.08 bits per heavy atom. The van der Waals surface area contributed by atoms with Crippen LogP contribution in [0.15, 0.2) is 30.9 Å². The molecule has 3 rings (SSSR count). The number of alkyl halides is 3. The molecule has 1 heterocycles. The average molecular weight is 361 g/mol. The van der Waals surface area contributed by atoms with Gasteiger partial charge in [0.25, 0.3) is 0 Å². The number of halogens is 3. The molecule has 0 N–H and O–H groups in total. The number of fused-ring (bicyclic) bond motifs is 3. The summed E-state index contributed by atoms with van der Waals surface area (Å²) >= 11 is 0. The van der Waals surface area contributed by atoms with Crippen LogP contribution in [0, 0.1) is 0 Å². The lowest BCUT2D eigenvalue weighted by Gasteiger charge is -2.33. The van der Waals surface area contributed by atoms with E-state index in [4.69, 9.17) is 0 Å². The maximum atomic E-state index is 12.6. The van der Waals surface area contributed by atoms with Gasteiger partial charge in [0.1, 0.15) is 5.75 Å². The van der Waals surface area contributed by atoms with E-state index in [9.17, 15) is 21.6 Å². The van der Waals surface area contributed by atoms with Crippen molar-refractivity contribution in [2.75, 3.05) is 13.1 Å². The smallest absolute Gasteiger partial charge is 0.376 e. The molecule has 1 aromatic carbocycles. The first-order valence-electron chi connectivity index (χ1n) is 7.72. The van der Waals surface area contributed by atoms with Crippen LogP contribution < -0.4 is 4.18 Å². The molecule has 0 aromatic heterocycles. The zero-order valence-corrected chi connectivity index (χ0v) is 13.7. The van der Waals surface area contributed by atoms with Crippen molar-refractivity contribution in [3.05, 3.63) is 42.0 Å². The standard InChI is InChI=1S/C16H18F3NO3S/c1-2-9-20-10-8-12-11-4-3-5-15(13(11)6-7-14(12)20)23-24(21,22)16(17,18)19/h2-5,12,14H,1,6-10H2/t12-,14+/m0/s1. The van der Waals surface area contributed by atoms with Gasteiger partial charge in [-0.3, -0.25) is 4.90 Å². The van der Waals surface area contributed by atoms with E-state index in [0.717, 1.165) is 31.5 Å². The van der Waals surface area contributed by atoms with Crippen LogP contribution in [0.5, 0.6) is 5.75 Å². The number of likely N-dealkylation sites (tertiary alicyclic amines) is 1. The first-order valence-corrected chi connectivity index (χ1v) is 9.13. The lowest BCUT2D eigenvalue weighted by Crippen LogP contribution is -2.35. The van der Waals surface area contributed by atoms with Gasteiger partial charge in [-0.2, -0.15) is 21.6 Å². The van der Waals surface area contributed by atoms with E-state index < -0.39 is 15.6 Å². The second-order valence-corrected chi connectivity index (χ2v) is 7.63. The molecule has 24 heavy (non-hydrogen) atoms. The summed E-state index contributed by atoms with van der Waals surface area (Å²) in [4.78, 5) is 2.31. The van der Waals surface area contributed by atoms with Crippen molar-refractivity contribution in [2.24, 2.45) is 0 Å². The topological polar surface area (TPSA) is 46.6 Å². The van der Waals surface area contributed by atoms with E-state index in [2.05, 4.69) is 15.7 Å². The fourth-order valence-electron chi connectivity index (χ4n) is 3.79. The predicted octanol–water partition coefficient (Wildman–Crippen LogP) is 3.21. The van der Waals surface area contributed by atoms with Gasteiger partial charge in [-0.1, -0.05) is 18.2 Å². The van der Waals surface area contributed by atoms with Crippen LogP contribution in [0.1, 0.15) is 29.9 Å². The zero-order valence-electron chi connectivity index (χ0n) is 12.9. The van der Waals surface area contributed by atoms with Crippen molar-refractivity contribution < 1.29 is 25.8 Å². The highest BCUT2D eigenvalue weighted by Crippen LogP contribution is 2.44. The van der Waals surface area contributed by atoms with Crippen molar-refractivity contribution in [1.82, 2.24) is 4.90 Å². The van der Waals surface area contributed by atoms with Gasteiger partial charge in [0.15, 0.2) is 0 Å². The highest BCUT2D eigenvalue weighted by molar-refractivity contribution is 7.88. The molecule has 0 saturated carbocycles. The van der Waals surface area contributed by atoms with E-state index in [1.165, 1.54) is 6.07 Å². The van der Waals surface area contributed by atoms with Crippen LogP contribution in [0.25, 0.3) is 0 Å². The first-order chi connectivity index (χ1) is 11.2. The fourth-order valence-corrected chi connectivity index (χ4v) is 4.28. The van der Waals surface area contributed by atoms with Gasteiger partial charge < -0.3 is 4.18 Å². The van der Waals surface area contributed by atoms with Crippen LogP contribution in [0.2, 0.25) is 0 Å². The Kier molecular flexibility index (Phi) is 4.37. The normalized spacial score (nSPS) is 24.3. The number of benzene rings is 1. The molecule has 8 heteroatoms. The molecule has 0 spiro atoms. The maximum Gasteiger partial charge on any atom is 0.534 e. The van der Waals surface area contributed by atoms with E-state index in [0.29, 0.717) is 18.0 Å². The summed E-state index contributed by atoms with van der Waals surface area (Å²) in [6.07, 6.45) is 3.99. The second kappa shape index (κ2) is 6.07. The van der Waals surface area contributed by atoms with Crippen molar-refractivity contribution in [3.8, 4) is 5.75 Å². The first kappa shape index (κ1) is 17.3. The quantitative estimate of drug-likeness (QED) is 0.469. The summed E-state index contributed by atoms with van der Waals surface area (Å²) in [6, 6.07) is 5.01. The molecule has 0 radical (unpaired) electrons. The van der Waals surface area contributed by atoms with Crippen molar-refractivity contribution in [2.45, 2.75) is 36.7 Å². The van der Waals surface area contributed by atoms with Crippen molar-refractivity contribution >= 4 is 10.1 Å². The zero-order chi connectivity index (χ0) is 17.5. The molecule has 0 bridgehead atoms. The highest BCUT2D eigenvalue weighted by Gasteiger charge is 2.49. The minimum Gasteiger partial charge on any atom is -0.376 e. The van der Waals surface area contributed by atoms with Crippen LogP contribution in [-0.4, -0.2) is 38.0 Å². The summed E-state index contributed by atoms with van der Waals surface area (Å²) in [7, 11) is -5.65. The van der Waals surface area contributed by atoms with Gasteiger partial charge in [-0.15, -0.1) is 6.58 Å². The van der Waals surface area contributed by atoms with E-state index in [1.807, 2.05) is 12.1 Å². The van der Waals surface area contributed by atoms with Crippen molar-refractivity contribution in [1.29, 1.82) is 0 Å². The molecular formula is C16H18F3NO3S. The molecule has 1 saturated heterocycles. The van der Waals surface area contributed by atoms with E-state index >= 15 is 0 Å². The summed E-state index contributed by atoms with van der Waals surface area (Å²) in [5.74, 6) is -0.0173. The third-order valence-corrected chi connectivity index (χ3v) is 5.73.